The van der Waals surface area contributed by atoms with Gasteiger partial charge in [-0.3, -0.25) is 9.59 Å². The van der Waals surface area contributed by atoms with Crippen molar-refractivity contribution in [3.8, 4) is 5.75 Å². The molecule has 7 heteroatoms. The van der Waals surface area contributed by atoms with Crippen LogP contribution in [0, 0.1) is 0 Å². The molecular formula is C24H29NO5S. The number of carbonyl (C=O) groups is 2. The number of ketones is 1. The van der Waals surface area contributed by atoms with Crippen LogP contribution in [0.25, 0.3) is 5.76 Å². The Morgan fingerprint density at radius 3 is 2.55 bits per heavy atom. The van der Waals surface area contributed by atoms with Crippen molar-refractivity contribution in [2.45, 2.75) is 52.4 Å². The topological polar surface area (TPSA) is 76.1 Å². The number of amides is 1. The fourth-order valence-electron chi connectivity index (χ4n) is 3.55. The van der Waals surface area contributed by atoms with Gasteiger partial charge in [-0.1, -0.05) is 18.2 Å². The second kappa shape index (κ2) is 10.1. The number of carbonyl (C=O) groups excluding carboxylic acids is 2. The highest BCUT2D eigenvalue weighted by molar-refractivity contribution is 7.10. The molecule has 3 rings (SSSR count). The van der Waals surface area contributed by atoms with E-state index in [1.807, 2.05) is 45.2 Å². The number of hydrogen-bond donors (Lipinski definition) is 1. The molecule has 0 spiro atoms. The zero-order chi connectivity index (χ0) is 22.5. The van der Waals surface area contributed by atoms with Gasteiger partial charge in [0, 0.05) is 23.6 Å². The molecule has 2 aromatic rings. The smallest absolute Gasteiger partial charge is 0.295 e. The monoisotopic (exact) mass is 443 g/mol. The second-order valence-electron chi connectivity index (χ2n) is 7.98. The van der Waals surface area contributed by atoms with E-state index in [1.54, 1.807) is 24.3 Å². The third kappa shape index (κ3) is 5.35. The van der Waals surface area contributed by atoms with E-state index in [4.69, 9.17) is 9.47 Å². The van der Waals surface area contributed by atoms with Crippen LogP contribution in [0.15, 0.2) is 47.4 Å². The van der Waals surface area contributed by atoms with Gasteiger partial charge in [0.05, 0.1) is 23.8 Å². The summed E-state index contributed by atoms with van der Waals surface area (Å²) in [6, 6.07) is 10.1. The highest BCUT2D eigenvalue weighted by atomic mass is 32.1. The van der Waals surface area contributed by atoms with E-state index < -0.39 is 17.7 Å². The van der Waals surface area contributed by atoms with E-state index in [0.717, 1.165) is 4.88 Å². The van der Waals surface area contributed by atoms with Gasteiger partial charge in [0.1, 0.15) is 11.5 Å². The number of Topliss-reactive ketones (excluding diaryl/α,β-unsaturated/α-hetero) is 1. The van der Waals surface area contributed by atoms with E-state index in [1.165, 1.54) is 16.2 Å². The summed E-state index contributed by atoms with van der Waals surface area (Å²) in [7, 11) is 0. The summed E-state index contributed by atoms with van der Waals surface area (Å²) in [6.07, 6.45) is 0.677. The molecule has 2 heterocycles. The Kier molecular flexibility index (Phi) is 7.51. The van der Waals surface area contributed by atoms with Crippen LogP contribution in [-0.4, -0.2) is 47.1 Å². The minimum absolute atomic E-state index is 0.0258. The average molecular weight is 444 g/mol. The summed E-state index contributed by atoms with van der Waals surface area (Å²) in [6.45, 7) is 8.60. The molecule has 0 bridgehead atoms. The van der Waals surface area contributed by atoms with Crippen LogP contribution in [0.1, 0.15) is 50.6 Å². The minimum Gasteiger partial charge on any atom is -0.507 e. The van der Waals surface area contributed by atoms with Crippen molar-refractivity contribution < 1.29 is 24.2 Å². The summed E-state index contributed by atoms with van der Waals surface area (Å²) >= 11 is 1.45. The lowest BCUT2D eigenvalue weighted by Gasteiger charge is -2.24. The lowest BCUT2D eigenvalue weighted by atomic mass is 9.99. The van der Waals surface area contributed by atoms with E-state index in [0.29, 0.717) is 30.9 Å². The van der Waals surface area contributed by atoms with Crippen molar-refractivity contribution in [1.29, 1.82) is 0 Å². The number of rotatable bonds is 9. The lowest BCUT2D eigenvalue weighted by molar-refractivity contribution is -0.140. The van der Waals surface area contributed by atoms with E-state index in [-0.39, 0.29) is 23.5 Å². The molecule has 31 heavy (non-hydrogen) atoms. The van der Waals surface area contributed by atoms with Gasteiger partial charge in [-0.2, -0.15) is 0 Å². The van der Waals surface area contributed by atoms with Crippen molar-refractivity contribution in [3.05, 3.63) is 57.8 Å². The summed E-state index contributed by atoms with van der Waals surface area (Å²) in [5, 5.41) is 13.0. The Morgan fingerprint density at radius 1 is 1.13 bits per heavy atom. The molecule has 166 valence electrons. The molecule has 1 aromatic heterocycles. The Morgan fingerprint density at radius 2 is 1.90 bits per heavy atom. The number of aliphatic hydroxyl groups is 1. The van der Waals surface area contributed by atoms with Gasteiger partial charge in [-0.05, 0) is 57.7 Å². The Balaban J connectivity index is 1.97. The summed E-state index contributed by atoms with van der Waals surface area (Å²) in [5.74, 6) is -0.867. The molecule has 1 aromatic carbocycles. The first-order chi connectivity index (χ1) is 14.8. The number of aliphatic hydroxyl groups excluding tert-OH is 1. The van der Waals surface area contributed by atoms with Crippen molar-refractivity contribution in [3.63, 3.8) is 0 Å². The fraction of sp³-hybridized carbons (Fsp3) is 0.417. The van der Waals surface area contributed by atoms with Gasteiger partial charge in [0.2, 0.25) is 0 Å². The van der Waals surface area contributed by atoms with Gasteiger partial charge in [-0.15, -0.1) is 11.3 Å². The number of benzene rings is 1. The largest absolute Gasteiger partial charge is 0.507 e. The highest BCUT2D eigenvalue weighted by Crippen LogP contribution is 2.41. The first-order valence-corrected chi connectivity index (χ1v) is 11.4. The molecule has 1 unspecified atom stereocenters. The maximum Gasteiger partial charge on any atom is 0.295 e. The molecule has 0 radical (unpaired) electrons. The maximum absolute atomic E-state index is 13.0. The number of nitrogens with zero attached hydrogens (tertiary/aromatic N) is 1. The van der Waals surface area contributed by atoms with Crippen molar-refractivity contribution in [2.75, 3.05) is 13.2 Å². The average Bonchev–Trinajstić information content (AvgIpc) is 3.32. The molecule has 1 atom stereocenters. The summed E-state index contributed by atoms with van der Waals surface area (Å²) < 4.78 is 11.3. The third-order valence-corrected chi connectivity index (χ3v) is 5.75. The van der Waals surface area contributed by atoms with Gasteiger partial charge in [0.15, 0.2) is 0 Å². The second-order valence-corrected chi connectivity index (χ2v) is 8.95. The van der Waals surface area contributed by atoms with Crippen LogP contribution in [0.5, 0.6) is 5.75 Å². The molecule has 1 N–H and O–H groups in total. The van der Waals surface area contributed by atoms with E-state index >= 15 is 0 Å². The number of hydrogen-bond acceptors (Lipinski definition) is 6. The van der Waals surface area contributed by atoms with Crippen LogP contribution in [0.4, 0.5) is 0 Å². The molecule has 1 saturated heterocycles. The number of ether oxygens (including phenoxy) is 2. The quantitative estimate of drug-likeness (QED) is 0.261. The zero-order valence-electron chi connectivity index (χ0n) is 18.3. The minimum atomic E-state index is -0.671. The van der Waals surface area contributed by atoms with Gasteiger partial charge < -0.3 is 19.5 Å². The molecule has 0 saturated carbocycles. The van der Waals surface area contributed by atoms with Crippen LogP contribution in [-0.2, 0) is 14.3 Å². The highest BCUT2D eigenvalue weighted by Gasteiger charge is 2.46. The predicted octanol–water partition coefficient (Wildman–Crippen LogP) is 4.77. The SMILES string of the molecule is CC(C)OCCCN1C(=O)C(=O)/C(=C(\O)c2cccc(OC(C)C)c2)C1c1cccs1. The van der Waals surface area contributed by atoms with Gasteiger partial charge in [-0.25, -0.2) is 0 Å². The molecule has 1 fully saturated rings. The predicted molar refractivity (Wildman–Crippen MR) is 121 cm³/mol. The van der Waals surface area contributed by atoms with E-state index in [2.05, 4.69) is 0 Å². The normalized spacial score (nSPS) is 18.4. The van der Waals surface area contributed by atoms with Crippen molar-refractivity contribution in [2.24, 2.45) is 0 Å². The van der Waals surface area contributed by atoms with Crippen LogP contribution in [0.3, 0.4) is 0 Å². The Bertz CT molecular complexity index is 949. The van der Waals surface area contributed by atoms with Crippen molar-refractivity contribution >= 4 is 28.8 Å². The molecular weight excluding hydrogens is 414 g/mol. The Labute approximate surface area is 187 Å². The summed E-state index contributed by atoms with van der Waals surface area (Å²) in [5.41, 5.74) is 0.555. The number of thiophene rings is 1. The molecule has 1 aliphatic rings. The van der Waals surface area contributed by atoms with Crippen LogP contribution >= 0.6 is 11.3 Å². The van der Waals surface area contributed by atoms with Crippen molar-refractivity contribution in [1.82, 2.24) is 4.90 Å². The van der Waals surface area contributed by atoms with E-state index in [9.17, 15) is 14.7 Å². The van der Waals surface area contributed by atoms with Crippen LogP contribution < -0.4 is 4.74 Å². The maximum atomic E-state index is 13.0. The standard InChI is InChI=1S/C24H29NO5S/c1-15(2)29-12-7-11-25-21(19-10-6-13-31-19)20(23(27)24(25)28)22(26)17-8-5-9-18(14-17)30-16(3)4/h5-6,8-10,13-16,21,26H,7,11-12H2,1-4H3/b22-20-. The molecule has 1 aliphatic heterocycles. The first kappa shape index (κ1) is 23.0. The molecule has 0 aliphatic carbocycles. The molecule has 6 nitrogen and oxygen atoms in total. The lowest BCUT2D eigenvalue weighted by Crippen LogP contribution is -2.31. The Hall–Kier alpha value is -2.64. The third-order valence-electron chi connectivity index (χ3n) is 4.83. The van der Waals surface area contributed by atoms with Gasteiger partial charge >= 0.3 is 0 Å². The summed E-state index contributed by atoms with van der Waals surface area (Å²) in [4.78, 5) is 28.2. The first-order valence-electron chi connectivity index (χ1n) is 10.5. The van der Waals surface area contributed by atoms with Gasteiger partial charge in [0.25, 0.3) is 11.7 Å². The van der Waals surface area contributed by atoms with Crippen LogP contribution in [0.2, 0.25) is 0 Å². The zero-order valence-corrected chi connectivity index (χ0v) is 19.1. The fourth-order valence-corrected chi connectivity index (χ4v) is 4.40. The molecule has 1 amide bonds. The number of likely N-dealkylation sites (tertiary alicyclic amines) is 1.